The van der Waals surface area contributed by atoms with Crippen LogP contribution in [0.5, 0.6) is 0 Å². The lowest BCUT2D eigenvalue weighted by molar-refractivity contribution is 0.558. The van der Waals surface area contributed by atoms with Crippen LogP contribution in [0.15, 0.2) is 0 Å². The lowest BCUT2D eigenvalue weighted by Gasteiger charge is -2.18. The van der Waals surface area contributed by atoms with Gasteiger partial charge in [-0.1, -0.05) is 0 Å². The maximum absolute atomic E-state index is 11.4. The van der Waals surface area contributed by atoms with Gasteiger partial charge in [-0.15, -0.1) is 0 Å². The van der Waals surface area contributed by atoms with E-state index in [-0.39, 0.29) is 5.75 Å². The Bertz CT molecular complexity index is 201. The Hall–Kier alpha value is -0.0900. The maximum Gasteiger partial charge on any atom is 0.156 e. The summed E-state index contributed by atoms with van der Waals surface area (Å²) in [4.78, 5) is 0. The molecule has 0 heterocycles. The Morgan fingerprint density at radius 1 is 1.27 bits per heavy atom. The molecule has 0 saturated carbocycles. The average molecular weight is 179 g/mol. The lowest BCUT2D eigenvalue weighted by atomic mass is 10.3. The highest BCUT2D eigenvalue weighted by molar-refractivity contribution is 7.92. The molecule has 0 aromatic rings. The van der Waals surface area contributed by atoms with Gasteiger partial charge in [0.25, 0.3) is 0 Å². The molecule has 0 rings (SSSR count). The molecule has 1 N–H and O–H groups in total. The molecule has 11 heavy (non-hydrogen) atoms. The smallest absolute Gasteiger partial charge is 0.156 e. The lowest BCUT2D eigenvalue weighted by Crippen LogP contribution is -2.33. The van der Waals surface area contributed by atoms with Crippen molar-refractivity contribution in [3.63, 3.8) is 0 Å². The average Bonchev–Trinajstić information content (AvgIpc) is 1.81. The molecule has 0 bridgehead atoms. The summed E-state index contributed by atoms with van der Waals surface area (Å²) in [5.74, 6) is 0.215. The minimum atomic E-state index is -2.92. The van der Waals surface area contributed by atoms with Crippen molar-refractivity contribution in [2.45, 2.75) is 25.5 Å². The van der Waals surface area contributed by atoms with E-state index in [0.29, 0.717) is 6.54 Å². The molecule has 0 aliphatic rings. The molecule has 0 atom stereocenters. The molecule has 4 heteroatoms. The first-order valence-corrected chi connectivity index (χ1v) is 5.33. The fraction of sp³-hybridized carbons (Fsp3) is 1.00. The first-order valence-electron chi connectivity index (χ1n) is 3.68. The summed E-state index contributed by atoms with van der Waals surface area (Å²) in [7, 11) is -1.17. The van der Waals surface area contributed by atoms with Gasteiger partial charge in [-0.25, -0.2) is 8.42 Å². The van der Waals surface area contributed by atoms with Crippen LogP contribution in [0.3, 0.4) is 0 Å². The van der Waals surface area contributed by atoms with Crippen LogP contribution < -0.4 is 5.32 Å². The van der Waals surface area contributed by atoms with Gasteiger partial charge in [0.1, 0.15) is 0 Å². The van der Waals surface area contributed by atoms with Crippen molar-refractivity contribution in [2.75, 3.05) is 19.3 Å². The van der Waals surface area contributed by atoms with Crippen LogP contribution in [-0.4, -0.2) is 32.5 Å². The fourth-order valence-corrected chi connectivity index (χ4v) is 1.63. The van der Waals surface area contributed by atoms with Gasteiger partial charge in [0, 0.05) is 6.54 Å². The second kappa shape index (κ2) is 3.54. The third-order valence-corrected chi connectivity index (χ3v) is 4.16. The second-order valence-corrected chi connectivity index (χ2v) is 6.40. The molecule has 0 aliphatic carbocycles. The molecule has 0 spiro atoms. The molecule has 0 fully saturated rings. The number of rotatable bonds is 3. The van der Waals surface area contributed by atoms with Crippen LogP contribution in [0, 0.1) is 0 Å². The van der Waals surface area contributed by atoms with E-state index in [0.717, 1.165) is 0 Å². The maximum atomic E-state index is 11.4. The number of hydrogen-bond donors (Lipinski definition) is 1. The van der Waals surface area contributed by atoms with E-state index in [4.69, 9.17) is 0 Å². The summed E-state index contributed by atoms with van der Waals surface area (Å²) in [5.41, 5.74) is 0. The Morgan fingerprint density at radius 2 is 1.73 bits per heavy atom. The van der Waals surface area contributed by atoms with Crippen molar-refractivity contribution >= 4 is 9.84 Å². The monoisotopic (exact) mass is 179 g/mol. The van der Waals surface area contributed by atoms with Gasteiger partial charge in [-0.2, -0.15) is 0 Å². The van der Waals surface area contributed by atoms with E-state index in [1.54, 1.807) is 27.8 Å². The first kappa shape index (κ1) is 10.9. The van der Waals surface area contributed by atoms with Gasteiger partial charge in [0.15, 0.2) is 9.84 Å². The Kier molecular flexibility index (Phi) is 3.51. The SMILES string of the molecule is CNCCS(=O)(=O)C(C)(C)C. The van der Waals surface area contributed by atoms with E-state index in [1.807, 2.05) is 0 Å². The molecular formula is C7H17NO2S. The number of hydrogen-bond acceptors (Lipinski definition) is 3. The number of nitrogens with one attached hydrogen (secondary N) is 1. The Labute approximate surface area is 69.1 Å². The molecule has 3 nitrogen and oxygen atoms in total. The van der Waals surface area contributed by atoms with Gasteiger partial charge in [0.2, 0.25) is 0 Å². The zero-order valence-electron chi connectivity index (χ0n) is 7.64. The third kappa shape index (κ3) is 3.20. The van der Waals surface area contributed by atoms with Crippen LogP contribution >= 0.6 is 0 Å². The molecule has 0 amide bonds. The summed E-state index contributed by atoms with van der Waals surface area (Å²) >= 11 is 0. The predicted octanol–water partition coefficient (Wildman–Crippen LogP) is 0.419. The zero-order valence-corrected chi connectivity index (χ0v) is 8.46. The number of sulfone groups is 1. The highest BCUT2D eigenvalue weighted by atomic mass is 32.2. The van der Waals surface area contributed by atoms with E-state index in [9.17, 15) is 8.42 Å². The molecule has 0 aromatic carbocycles. The topological polar surface area (TPSA) is 46.2 Å². The molecule has 0 aromatic heterocycles. The quantitative estimate of drug-likeness (QED) is 0.683. The van der Waals surface area contributed by atoms with Crippen molar-refractivity contribution in [1.29, 1.82) is 0 Å². The van der Waals surface area contributed by atoms with Crippen LogP contribution in [0.25, 0.3) is 0 Å². The van der Waals surface area contributed by atoms with Crippen molar-refractivity contribution in [3.8, 4) is 0 Å². The molecule has 0 aliphatic heterocycles. The first-order chi connectivity index (χ1) is 4.81. The fourth-order valence-electron chi connectivity index (χ4n) is 0.543. The Balaban J connectivity index is 4.26. The minimum Gasteiger partial charge on any atom is -0.319 e. The molecule has 68 valence electrons. The van der Waals surface area contributed by atoms with E-state index in [1.165, 1.54) is 0 Å². The molecular weight excluding hydrogens is 162 g/mol. The second-order valence-electron chi connectivity index (χ2n) is 3.53. The van der Waals surface area contributed by atoms with Crippen molar-refractivity contribution in [3.05, 3.63) is 0 Å². The standard InChI is InChI=1S/C7H17NO2S/c1-7(2,3)11(9,10)6-5-8-4/h8H,5-6H2,1-4H3. The van der Waals surface area contributed by atoms with Crippen molar-refractivity contribution in [1.82, 2.24) is 5.32 Å². The van der Waals surface area contributed by atoms with Gasteiger partial charge < -0.3 is 5.32 Å². The molecule has 0 saturated heterocycles. The van der Waals surface area contributed by atoms with Crippen LogP contribution in [0.4, 0.5) is 0 Å². The largest absolute Gasteiger partial charge is 0.319 e. The Morgan fingerprint density at radius 3 is 2.00 bits per heavy atom. The summed E-state index contributed by atoms with van der Waals surface area (Å²) < 4.78 is 22.1. The highest BCUT2D eigenvalue weighted by Crippen LogP contribution is 2.14. The van der Waals surface area contributed by atoms with Gasteiger partial charge in [-0.05, 0) is 27.8 Å². The summed E-state index contributed by atoms with van der Waals surface area (Å²) in [6.45, 7) is 5.69. The summed E-state index contributed by atoms with van der Waals surface area (Å²) in [5, 5.41) is 2.82. The van der Waals surface area contributed by atoms with Crippen molar-refractivity contribution in [2.24, 2.45) is 0 Å². The summed E-state index contributed by atoms with van der Waals surface area (Å²) in [6, 6.07) is 0. The third-order valence-electron chi connectivity index (χ3n) is 1.55. The van der Waals surface area contributed by atoms with E-state index in [2.05, 4.69) is 5.32 Å². The molecule has 0 unspecified atom stereocenters. The van der Waals surface area contributed by atoms with Crippen molar-refractivity contribution < 1.29 is 8.42 Å². The predicted molar refractivity (Wildman–Crippen MR) is 47.5 cm³/mol. The van der Waals surface area contributed by atoms with Gasteiger partial charge in [0.05, 0.1) is 10.5 Å². The minimum absolute atomic E-state index is 0.215. The van der Waals surface area contributed by atoms with Crippen LogP contribution in [0.1, 0.15) is 20.8 Å². The molecule has 0 radical (unpaired) electrons. The van der Waals surface area contributed by atoms with Gasteiger partial charge in [-0.3, -0.25) is 0 Å². The van der Waals surface area contributed by atoms with Crippen LogP contribution in [0.2, 0.25) is 0 Å². The van der Waals surface area contributed by atoms with Crippen LogP contribution in [-0.2, 0) is 9.84 Å². The normalized spacial score (nSPS) is 13.5. The summed E-state index contributed by atoms with van der Waals surface area (Å²) in [6.07, 6.45) is 0. The zero-order chi connectivity index (χ0) is 9.12. The highest BCUT2D eigenvalue weighted by Gasteiger charge is 2.27. The van der Waals surface area contributed by atoms with E-state index >= 15 is 0 Å². The van der Waals surface area contributed by atoms with E-state index < -0.39 is 14.6 Å². The van der Waals surface area contributed by atoms with Gasteiger partial charge >= 0.3 is 0 Å².